The van der Waals surface area contributed by atoms with Gasteiger partial charge in [0.2, 0.25) is 0 Å². The van der Waals surface area contributed by atoms with Crippen LogP contribution in [0.1, 0.15) is 40.5 Å². The molecule has 1 N–H and O–H groups in total. The van der Waals surface area contributed by atoms with Gasteiger partial charge in [0, 0.05) is 6.04 Å². The van der Waals surface area contributed by atoms with Gasteiger partial charge in [-0.1, -0.05) is 32.8 Å². The standard InChI is InChI=1S/C12H25N/c1-7-10(4)12(13-6)11(5)8-9(2)3/h10-13H,2,7-8H2,1,3-6H3. The number of allylic oxidation sites excluding steroid dienone is 1. The van der Waals surface area contributed by atoms with Crippen molar-refractivity contribution in [3.63, 3.8) is 0 Å². The van der Waals surface area contributed by atoms with Gasteiger partial charge in [-0.25, -0.2) is 0 Å². The van der Waals surface area contributed by atoms with Crippen molar-refractivity contribution >= 4 is 0 Å². The summed E-state index contributed by atoms with van der Waals surface area (Å²) in [5.41, 5.74) is 1.29. The summed E-state index contributed by atoms with van der Waals surface area (Å²) in [6.45, 7) is 13.0. The zero-order valence-corrected chi connectivity index (χ0v) is 9.85. The monoisotopic (exact) mass is 183 g/mol. The van der Waals surface area contributed by atoms with Crippen LogP contribution in [0.25, 0.3) is 0 Å². The average molecular weight is 183 g/mol. The molecule has 0 saturated carbocycles. The van der Waals surface area contributed by atoms with Gasteiger partial charge in [0.1, 0.15) is 0 Å². The van der Waals surface area contributed by atoms with Crippen LogP contribution in [-0.2, 0) is 0 Å². The summed E-state index contributed by atoms with van der Waals surface area (Å²) in [6, 6.07) is 0.627. The van der Waals surface area contributed by atoms with E-state index in [-0.39, 0.29) is 0 Å². The molecule has 0 amide bonds. The van der Waals surface area contributed by atoms with Gasteiger partial charge in [0.25, 0.3) is 0 Å². The highest BCUT2D eigenvalue weighted by molar-refractivity contribution is 4.93. The first-order chi connectivity index (χ1) is 6.02. The Balaban J connectivity index is 4.13. The lowest BCUT2D eigenvalue weighted by Gasteiger charge is -2.28. The summed E-state index contributed by atoms with van der Waals surface area (Å²) in [5, 5.41) is 3.42. The minimum atomic E-state index is 0.627. The Hall–Kier alpha value is -0.300. The molecular weight excluding hydrogens is 158 g/mol. The maximum atomic E-state index is 3.97. The Kier molecular flexibility index (Phi) is 6.06. The zero-order chi connectivity index (χ0) is 10.4. The van der Waals surface area contributed by atoms with Gasteiger partial charge in [-0.2, -0.15) is 0 Å². The van der Waals surface area contributed by atoms with Gasteiger partial charge in [-0.3, -0.25) is 0 Å². The minimum absolute atomic E-state index is 0.627. The molecule has 0 fully saturated rings. The van der Waals surface area contributed by atoms with E-state index in [1.165, 1.54) is 12.0 Å². The highest BCUT2D eigenvalue weighted by atomic mass is 14.9. The van der Waals surface area contributed by atoms with E-state index < -0.39 is 0 Å². The topological polar surface area (TPSA) is 12.0 Å². The fraction of sp³-hybridized carbons (Fsp3) is 0.833. The van der Waals surface area contributed by atoms with Gasteiger partial charge in [-0.05, 0) is 32.2 Å². The third kappa shape index (κ3) is 4.47. The summed E-state index contributed by atoms with van der Waals surface area (Å²) in [5.74, 6) is 1.44. The number of rotatable bonds is 6. The van der Waals surface area contributed by atoms with Gasteiger partial charge in [0.05, 0.1) is 0 Å². The van der Waals surface area contributed by atoms with Crippen molar-refractivity contribution in [3.05, 3.63) is 12.2 Å². The van der Waals surface area contributed by atoms with Crippen LogP contribution in [0.15, 0.2) is 12.2 Å². The normalized spacial score (nSPS) is 17.9. The molecule has 1 heteroatoms. The summed E-state index contributed by atoms with van der Waals surface area (Å²) >= 11 is 0. The molecule has 0 saturated heterocycles. The van der Waals surface area contributed by atoms with Crippen LogP contribution < -0.4 is 5.32 Å². The molecule has 3 atom stereocenters. The van der Waals surface area contributed by atoms with Crippen molar-refractivity contribution in [2.75, 3.05) is 7.05 Å². The molecule has 0 rings (SSSR count). The molecule has 13 heavy (non-hydrogen) atoms. The van der Waals surface area contributed by atoms with Crippen LogP contribution in [0.5, 0.6) is 0 Å². The molecule has 78 valence electrons. The highest BCUT2D eigenvalue weighted by Crippen LogP contribution is 2.20. The predicted octanol–water partition coefficient (Wildman–Crippen LogP) is 3.22. The summed E-state index contributed by atoms with van der Waals surface area (Å²) in [4.78, 5) is 0. The first kappa shape index (κ1) is 12.7. The zero-order valence-electron chi connectivity index (χ0n) is 9.85. The molecule has 3 unspecified atom stereocenters. The average Bonchev–Trinajstić information content (AvgIpc) is 2.03. The molecule has 0 aliphatic heterocycles. The number of hydrogen-bond donors (Lipinski definition) is 1. The van der Waals surface area contributed by atoms with E-state index in [1.807, 2.05) is 0 Å². The largest absolute Gasteiger partial charge is 0.316 e. The molecule has 0 aromatic heterocycles. The van der Waals surface area contributed by atoms with Crippen molar-refractivity contribution in [3.8, 4) is 0 Å². The quantitative estimate of drug-likeness (QED) is 0.623. The number of hydrogen-bond acceptors (Lipinski definition) is 1. The van der Waals surface area contributed by atoms with Crippen molar-refractivity contribution in [2.24, 2.45) is 11.8 Å². The number of nitrogens with one attached hydrogen (secondary N) is 1. The Bertz CT molecular complexity index is 151. The lowest BCUT2D eigenvalue weighted by atomic mass is 9.85. The van der Waals surface area contributed by atoms with Gasteiger partial charge >= 0.3 is 0 Å². The van der Waals surface area contributed by atoms with E-state index in [4.69, 9.17) is 0 Å². The maximum Gasteiger partial charge on any atom is 0.0118 e. The van der Waals surface area contributed by atoms with Crippen LogP contribution in [0.3, 0.4) is 0 Å². The molecule has 1 nitrogen and oxygen atoms in total. The van der Waals surface area contributed by atoms with Crippen LogP contribution in [0.4, 0.5) is 0 Å². The highest BCUT2D eigenvalue weighted by Gasteiger charge is 2.20. The van der Waals surface area contributed by atoms with Crippen molar-refractivity contribution in [1.29, 1.82) is 0 Å². The Labute approximate surface area is 83.6 Å². The minimum Gasteiger partial charge on any atom is -0.316 e. The molecule has 0 radical (unpaired) electrons. The van der Waals surface area contributed by atoms with Crippen molar-refractivity contribution in [1.82, 2.24) is 5.32 Å². The molecule has 0 bridgehead atoms. The maximum absolute atomic E-state index is 3.97. The SMILES string of the molecule is C=C(C)CC(C)C(NC)C(C)CC. The van der Waals surface area contributed by atoms with Gasteiger partial charge < -0.3 is 5.32 Å². The van der Waals surface area contributed by atoms with E-state index in [0.29, 0.717) is 12.0 Å². The molecule has 0 aliphatic rings. The van der Waals surface area contributed by atoms with Crippen LogP contribution in [0, 0.1) is 11.8 Å². The molecule has 0 aromatic rings. The van der Waals surface area contributed by atoms with Gasteiger partial charge in [0.15, 0.2) is 0 Å². The molecule has 0 aromatic carbocycles. The third-order valence-electron chi connectivity index (χ3n) is 2.87. The van der Waals surface area contributed by atoms with E-state index in [9.17, 15) is 0 Å². The smallest absolute Gasteiger partial charge is 0.0118 e. The molecular formula is C12H25N. The summed E-state index contributed by atoms with van der Waals surface area (Å²) < 4.78 is 0. The predicted molar refractivity (Wildman–Crippen MR) is 60.9 cm³/mol. The van der Waals surface area contributed by atoms with Crippen molar-refractivity contribution in [2.45, 2.75) is 46.6 Å². The fourth-order valence-electron chi connectivity index (χ4n) is 2.06. The second-order valence-electron chi connectivity index (χ2n) is 4.34. The van der Waals surface area contributed by atoms with Gasteiger partial charge in [-0.15, -0.1) is 6.58 Å². The van der Waals surface area contributed by atoms with E-state index in [1.54, 1.807) is 0 Å². The molecule has 0 spiro atoms. The molecule has 0 aliphatic carbocycles. The second-order valence-corrected chi connectivity index (χ2v) is 4.34. The Morgan fingerprint density at radius 3 is 2.15 bits per heavy atom. The van der Waals surface area contributed by atoms with Crippen molar-refractivity contribution < 1.29 is 0 Å². The van der Waals surface area contributed by atoms with E-state index in [0.717, 1.165) is 12.3 Å². The fourth-order valence-corrected chi connectivity index (χ4v) is 2.06. The first-order valence-electron chi connectivity index (χ1n) is 5.34. The first-order valence-corrected chi connectivity index (χ1v) is 5.34. The van der Waals surface area contributed by atoms with Crippen LogP contribution >= 0.6 is 0 Å². The van der Waals surface area contributed by atoms with E-state index >= 15 is 0 Å². The lowest BCUT2D eigenvalue weighted by molar-refractivity contribution is 0.291. The Morgan fingerprint density at radius 2 is 1.85 bits per heavy atom. The van der Waals surface area contributed by atoms with Crippen LogP contribution in [-0.4, -0.2) is 13.1 Å². The molecule has 0 heterocycles. The summed E-state index contributed by atoms with van der Waals surface area (Å²) in [6.07, 6.45) is 2.38. The summed E-state index contributed by atoms with van der Waals surface area (Å²) in [7, 11) is 2.06. The third-order valence-corrected chi connectivity index (χ3v) is 2.87. The van der Waals surface area contributed by atoms with Crippen LogP contribution in [0.2, 0.25) is 0 Å². The Morgan fingerprint density at radius 1 is 1.31 bits per heavy atom. The second kappa shape index (κ2) is 6.20. The van der Waals surface area contributed by atoms with E-state index in [2.05, 4.69) is 46.6 Å². The lowest BCUT2D eigenvalue weighted by Crippen LogP contribution is -2.37.